The van der Waals surface area contributed by atoms with Crippen LogP contribution in [0.2, 0.25) is 0 Å². The molecule has 2 aliphatic heterocycles. The Bertz CT molecular complexity index is 715. The second-order valence-electron chi connectivity index (χ2n) is 12.8. The predicted molar refractivity (Wildman–Crippen MR) is 118 cm³/mol. The van der Waals surface area contributed by atoms with Gasteiger partial charge in [-0.15, -0.1) is 0 Å². The smallest absolute Gasteiger partial charge is 0.0577 e. The van der Waals surface area contributed by atoms with Gasteiger partial charge in [0.1, 0.15) is 0 Å². The largest absolute Gasteiger partial charge is 0.393 e. The highest BCUT2D eigenvalue weighted by Gasteiger charge is 2.66. The molecule has 0 spiro atoms. The topological polar surface area (TPSA) is 23.5 Å². The number of nitrogens with zero attached hydrogens (tertiary/aromatic N) is 1. The quantitative estimate of drug-likeness (QED) is 0.534. The van der Waals surface area contributed by atoms with Crippen LogP contribution in [-0.2, 0) is 0 Å². The molecule has 0 radical (unpaired) electrons. The summed E-state index contributed by atoms with van der Waals surface area (Å²) in [6, 6.07) is 1.75. The number of piperidine rings is 1. The van der Waals surface area contributed by atoms with E-state index in [4.69, 9.17) is 0 Å². The van der Waals surface area contributed by atoms with Crippen molar-refractivity contribution in [2.75, 3.05) is 6.54 Å². The fraction of sp³-hybridized carbons (Fsp3) is 0.926. The van der Waals surface area contributed by atoms with E-state index in [1.54, 1.807) is 5.57 Å². The standard InChI is InChI=1S/C27H43NO/c1-16-5-8-23-17(2)25-24(28(23)15-16)14-22-20-7-6-18-13-19(29)9-11-26(18,3)21(20)10-12-27(22,25)4/h6,16-17,19-25,29H,5,7-15H2,1-4H3/t16-,17+,19-,20+,21-,22-,23+,24-,25-,26-,27-/m0/s1. The first kappa shape index (κ1) is 19.4. The summed E-state index contributed by atoms with van der Waals surface area (Å²) in [5, 5.41) is 10.3. The van der Waals surface area contributed by atoms with Gasteiger partial charge in [0.25, 0.3) is 0 Å². The Balaban J connectivity index is 1.33. The zero-order chi connectivity index (χ0) is 20.1. The summed E-state index contributed by atoms with van der Waals surface area (Å²) < 4.78 is 0. The lowest BCUT2D eigenvalue weighted by atomic mass is 9.47. The fourth-order valence-corrected chi connectivity index (χ4v) is 10.4. The van der Waals surface area contributed by atoms with Crippen LogP contribution in [0.15, 0.2) is 11.6 Å². The summed E-state index contributed by atoms with van der Waals surface area (Å²) in [5.41, 5.74) is 2.58. The normalized spacial score (nSPS) is 59.2. The van der Waals surface area contributed by atoms with Crippen LogP contribution in [0.1, 0.15) is 85.5 Å². The van der Waals surface area contributed by atoms with E-state index >= 15 is 0 Å². The van der Waals surface area contributed by atoms with Crippen LogP contribution in [0.25, 0.3) is 0 Å². The van der Waals surface area contributed by atoms with Gasteiger partial charge >= 0.3 is 0 Å². The maximum absolute atomic E-state index is 10.3. The van der Waals surface area contributed by atoms with Crippen LogP contribution in [0.5, 0.6) is 0 Å². The maximum Gasteiger partial charge on any atom is 0.0577 e. The Morgan fingerprint density at radius 1 is 1.00 bits per heavy atom. The fourth-order valence-electron chi connectivity index (χ4n) is 10.4. The van der Waals surface area contributed by atoms with E-state index < -0.39 is 0 Å². The van der Waals surface area contributed by atoms with Crippen LogP contribution >= 0.6 is 0 Å². The first-order valence-electron chi connectivity index (χ1n) is 13.0. The van der Waals surface area contributed by atoms with Gasteiger partial charge in [0.2, 0.25) is 0 Å². The molecule has 0 amide bonds. The SMILES string of the molecule is C[C@H]1CC[C@@H]2[C@@H](C)[C@H]3[C@H](C[C@H]4[C@@H]5CC=C6C[C@@H](O)CC[C@]6(C)[C@H]5CC[C@]34C)N2C1. The third kappa shape index (κ3) is 2.48. The Labute approximate surface area is 178 Å². The highest BCUT2D eigenvalue weighted by molar-refractivity contribution is 5.26. The molecule has 11 atom stereocenters. The Morgan fingerprint density at radius 3 is 2.66 bits per heavy atom. The molecule has 0 aromatic rings. The second kappa shape index (κ2) is 6.35. The third-order valence-electron chi connectivity index (χ3n) is 11.7. The van der Waals surface area contributed by atoms with Crippen molar-refractivity contribution in [3.63, 3.8) is 0 Å². The van der Waals surface area contributed by atoms with Gasteiger partial charge in [0, 0.05) is 18.6 Å². The molecule has 4 aliphatic carbocycles. The summed E-state index contributed by atoms with van der Waals surface area (Å²) >= 11 is 0. The third-order valence-corrected chi connectivity index (χ3v) is 11.7. The van der Waals surface area contributed by atoms with E-state index in [1.807, 2.05) is 0 Å². The van der Waals surface area contributed by atoms with E-state index in [9.17, 15) is 5.11 Å². The molecule has 0 unspecified atom stereocenters. The first-order valence-corrected chi connectivity index (χ1v) is 13.0. The molecular formula is C27H43NO. The molecule has 1 N–H and O–H groups in total. The number of fused-ring (bicyclic) bond motifs is 9. The molecule has 2 heterocycles. The van der Waals surface area contributed by atoms with Gasteiger partial charge in [-0.1, -0.05) is 39.3 Å². The minimum absolute atomic E-state index is 0.0792. The average Bonchev–Trinajstić information content (AvgIpc) is 3.15. The van der Waals surface area contributed by atoms with Crippen molar-refractivity contribution in [3.8, 4) is 0 Å². The molecule has 2 heteroatoms. The minimum Gasteiger partial charge on any atom is -0.393 e. The van der Waals surface area contributed by atoms with Gasteiger partial charge in [-0.25, -0.2) is 0 Å². The van der Waals surface area contributed by atoms with E-state index in [-0.39, 0.29) is 6.10 Å². The van der Waals surface area contributed by atoms with Gasteiger partial charge in [-0.2, -0.15) is 0 Å². The lowest BCUT2D eigenvalue weighted by molar-refractivity contribution is -0.0574. The van der Waals surface area contributed by atoms with Crippen molar-refractivity contribution in [2.45, 2.75) is 104 Å². The lowest BCUT2D eigenvalue weighted by Gasteiger charge is -2.58. The summed E-state index contributed by atoms with van der Waals surface area (Å²) in [6.07, 6.45) is 14.3. The number of hydrogen-bond acceptors (Lipinski definition) is 2. The van der Waals surface area contributed by atoms with Gasteiger partial charge < -0.3 is 5.11 Å². The first-order chi connectivity index (χ1) is 13.8. The van der Waals surface area contributed by atoms with E-state index in [1.165, 1.54) is 51.5 Å². The predicted octanol–water partition coefficient (Wildman–Crippen LogP) is 5.66. The van der Waals surface area contributed by atoms with E-state index in [0.29, 0.717) is 10.8 Å². The molecule has 162 valence electrons. The van der Waals surface area contributed by atoms with Crippen molar-refractivity contribution in [1.29, 1.82) is 0 Å². The number of rotatable bonds is 0. The zero-order valence-corrected chi connectivity index (χ0v) is 19.2. The molecule has 6 aliphatic rings. The maximum atomic E-state index is 10.3. The Kier molecular flexibility index (Phi) is 4.23. The lowest BCUT2D eigenvalue weighted by Crippen LogP contribution is -2.51. The van der Waals surface area contributed by atoms with Crippen LogP contribution in [-0.4, -0.2) is 34.7 Å². The molecule has 6 rings (SSSR count). The molecule has 0 aromatic carbocycles. The minimum atomic E-state index is -0.0792. The molecule has 0 aromatic heterocycles. The highest BCUT2D eigenvalue weighted by Crippen LogP contribution is 2.69. The summed E-state index contributed by atoms with van der Waals surface area (Å²) in [7, 11) is 0. The second-order valence-corrected chi connectivity index (χ2v) is 12.8. The van der Waals surface area contributed by atoms with Crippen molar-refractivity contribution in [1.82, 2.24) is 4.90 Å². The van der Waals surface area contributed by atoms with Crippen molar-refractivity contribution >= 4 is 0 Å². The van der Waals surface area contributed by atoms with Crippen LogP contribution in [0.3, 0.4) is 0 Å². The summed E-state index contributed by atoms with van der Waals surface area (Å²) in [5.74, 6) is 5.44. The number of allylic oxidation sites excluding steroid dienone is 1. The van der Waals surface area contributed by atoms with E-state index in [2.05, 4.69) is 38.7 Å². The van der Waals surface area contributed by atoms with Crippen molar-refractivity contribution in [2.24, 2.45) is 46.3 Å². The number of aliphatic hydroxyl groups excluding tert-OH is 1. The zero-order valence-electron chi connectivity index (χ0n) is 19.2. The molecule has 0 bridgehead atoms. The number of aliphatic hydroxyl groups is 1. The molecular weight excluding hydrogens is 354 g/mol. The molecule has 2 nitrogen and oxygen atoms in total. The van der Waals surface area contributed by atoms with Crippen molar-refractivity contribution in [3.05, 3.63) is 11.6 Å². The van der Waals surface area contributed by atoms with Gasteiger partial charge in [-0.05, 0) is 104 Å². The van der Waals surface area contributed by atoms with E-state index in [0.717, 1.165) is 60.4 Å². The molecule has 29 heavy (non-hydrogen) atoms. The Hall–Kier alpha value is -0.340. The van der Waals surface area contributed by atoms with Gasteiger partial charge in [0.05, 0.1) is 6.10 Å². The van der Waals surface area contributed by atoms with Crippen molar-refractivity contribution < 1.29 is 5.11 Å². The molecule has 3 saturated carbocycles. The van der Waals surface area contributed by atoms with Gasteiger partial charge in [-0.3, -0.25) is 4.90 Å². The van der Waals surface area contributed by atoms with Gasteiger partial charge in [0.15, 0.2) is 0 Å². The van der Waals surface area contributed by atoms with Crippen LogP contribution in [0.4, 0.5) is 0 Å². The molecule has 5 fully saturated rings. The highest BCUT2D eigenvalue weighted by atomic mass is 16.3. The monoisotopic (exact) mass is 397 g/mol. The number of hydrogen-bond donors (Lipinski definition) is 1. The average molecular weight is 398 g/mol. The van der Waals surface area contributed by atoms with Crippen LogP contribution < -0.4 is 0 Å². The Morgan fingerprint density at radius 2 is 1.83 bits per heavy atom. The summed E-state index contributed by atoms with van der Waals surface area (Å²) in [6.45, 7) is 11.8. The van der Waals surface area contributed by atoms with Crippen LogP contribution in [0, 0.1) is 46.3 Å². The molecule has 2 saturated heterocycles. The summed E-state index contributed by atoms with van der Waals surface area (Å²) in [4.78, 5) is 3.02.